The molecule has 5 rings (SSSR count). The van der Waals surface area contributed by atoms with Gasteiger partial charge in [-0.25, -0.2) is 0 Å². The van der Waals surface area contributed by atoms with Gasteiger partial charge in [0.25, 0.3) is 0 Å². The second-order valence-electron chi connectivity index (χ2n) is 9.46. The largest absolute Gasteiger partial charge is 0.305 e. The van der Waals surface area contributed by atoms with Crippen LogP contribution in [0.2, 0.25) is 19.6 Å². The van der Waals surface area contributed by atoms with E-state index in [0.29, 0.717) is 0 Å². The Kier molecular flexibility index (Phi) is 9.22. The van der Waals surface area contributed by atoms with E-state index in [2.05, 4.69) is 59.9 Å². The molecule has 0 saturated heterocycles. The maximum Gasteiger partial charge on any atom is 0.0798 e. The van der Waals surface area contributed by atoms with E-state index < -0.39 is 14.4 Å². The number of rotatable bonds is 5. The molecule has 4 heteroatoms. The minimum atomic E-state index is -1.62. The molecule has 0 amide bonds. The second kappa shape index (κ2) is 13.4. The molecule has 37 heavy (non-hydrogen) atoms. The van der Waals surface area contributed by atoms with Crippen LogP contribution >= 0.6 is 0 Å². The molecule has 189 valence electrons. The molecule has 0 N–H and O–H groups in total. The Morgan fingerprint density at radius 3 is 1.86 bits per heavy atom. The van der Waals surface area contributed by atoms with Crippen LogP contribution in [0.1, 0.15) is 15.2 Å². The van der Waals surface area contributed by atoms with Gasteiger partial charge in [0, 0.05) is 35.2 Å². The van der Waals surface area contributed by atoms with Crippen molar-refractivity contribution in [2.45, 2.75) is 32.9 Å². The summed E-state index contributed by atoms with van der Waals surface area (Å²) in [6.45, 7) is 8.26. The normalized spacial score (nSPS) is 11.8. The van der Waals surface area contributed by atoms with Crippen molar-refractivity contribution in [2.75, 3.05) is 0 Å². The number of hydrogen-bond acceptors (Lipinski definition) is 2. The van der Waals surface area contributed by atoms with Crippen molar-refractivity contribution in [3.63, 3.8) is 0 Å². The fourth-order valence-electron chi connectivity index (χ4n) is 3.90. The number of aromatic nitrogens is 2. The molecular weight excluding hydrogens is 645 g/mol. The van der Waals surface area contributed by atoms with Crippen LogP contribution in [0.15, 0.2) is 109 Å². The standard InChI is InChI=1S/C17H12N.C16H20NSi.Ir/c1-3-7-14(8-4-1)16-11-12-18-17(13-16)15-9-5-2-6-10-15;1-5-13-11-15(14-9-7-6-8-10-14)17-12-16(13)18(2,3)4;/h1-9,11-13H;6-9,11-12H,5H2,1-4H3;/q2*-1;/i;5D2;. The molecule has 3 aromatic carbocycles. The summed E-state index contributed by atoms with van der Waals surface area (Å²) in [6.07, 6.45) is 2.35. The Balaban J connectivity index is 0.000000211. The Bertz CT molecular complexity index is 1410. The summed E-state index contributed by atoms with van der Waals surface area (Å²) >= 11 is 0. The number of aryl methyl sites for hydroxylation is 1. The molecule has 2 aromatic heterocycles. The van der Waals surface area contributed by atoms with E-state index in [0.717, 1.165) is 33.3 Å². The van der Waals surface area contributed by atoms with Gasteiger partial charge in [-0.15, -0.1) is 71.8 Å². The third-order valence-electron chi connectivity index (χ3n) is 5.82. The fraction of sp³-hybridized carbons (Fsp3) is 0.152. The molecule has 0 atom stereocenters. The molecule has 2 nitrogen and oxygen atoms in total. The van der Waals surface area contributed by atoms with E-state index >= 15 is 0 Å². The number of nitrogens with zero attached hydrogens (tertiary/aromatic N) is 2. The van der Waals surface area contributed by atoms with Crippen molar-refractivity contribution in [1.82, 2.24) is 9.97 Å². The summed E-state index contributed by atoms with van der Waals surface area (Å²) < 4.78 is 16.2. The predicted octanol–water partition coefficient (Wildman–Crippen LogP) is 7.87. The molecule has 2 heterocycles. The Hall–Kier alpha value is -3.17. The smallest absolute Gasteiger partial charge is 0.0798 e. The zero-order valence-corrected chi connectivity index (χ0v) is 25.0. The summed E-state index contributed by atoms with van der Waals surface area (Å²) in [5, 5.41) is 1.09. The molecule has 0 saturated carbocycles. The summed E-state index contributed by atoms with van der Waals surface area (Å²) in [5.41, 5.74) is 6.81. The summed E-state index contributed by atoms with van der Waals surface area (Å²) in [7, 11) is -1.62. The van der Waals surface area contributed by atoms with Gasteiger partial charge in [-0.05, 0) is 40.1 Å². The van der Waals surface area contributed by atoms with Gasteiger partial charge in [0.2, 0.25) is 0 Å². The molecule has 0 aliphatic carbocycles. The molecule has 0 bridgehead atoms. The first-order valence-corrected chi connectivity index (χ1v) is 15.6. The van der Waals surface area contributed by atoms with Gasteiger partial charge in [-0.1, -0.05) is 74.6 Å². The summed E-state index contributed by atoms with van der Waals surface area (Å²) in [5.74, 6) is 0. The monoisotopic (exact) mass is 679 g/mol. The minimum Gasteiger partial charge on any atom is -0.305 e. The predicted molar refractivity (Wildman–Crippen MR) is 155 cm³/mol. The quantitative estimate of drug-likeness (QED) is 0.140. The first-order valence-electron chi connectivity index (χ1n) is 13.1. The first kappa shape index (κ1) is 25.5. The van der Waals surface area contributed by atoms with Crippen LogP contribution in [0.5, 0.6) is 0 Å². The van der Waals surface area contributed by atoms with Crippen molar-refractivity contribution in [1.29, 1.82) is 0 Å². The Morgan fingerprint density at radius 1 is 0.730 bits per heavy atom. The van der Waals surface area contributed by atoms with E-state index in [1.807, 2.05) is 91.3 Å². The molecule has 5 aromatic rings. The minimum absolute atomic E-state index is 0. The van der Waals surface area contributed by atoms with E-state index in [1.165, 1.54) is 11.1 Å². The van der Waals surface area contributed by atoms with Crippen LogP contribution in [-0.2, 0) is 26.5 Å². The van der Waals surface area contributed by atoms with Gasteiger partial charge >= 0.3 is 0 Å². The van der Waals surface area contributed by atoms with Crippen molar-refractivity contribution in [2.24, 2.45) is 0 Å². The first-order chi connectivity index (χ1) is 18.1. The fourth-order valence-corrected chi connectivity index (χ4v) is 5.36. The Morgan fingerprint density at radius 2 is 1.32 bits per heavy atom. The van der Waals surface area contributed by atoms with Crippen molar-refractivity contribution < 1.29 is 22.8 Å². The van der Waals surface area contributed by atoms with Crippen LogP contribution in [0.4, 0.5) is 0 Å². The van der Waals surface area contributed by atoms with Crippen LogP contribution in [0, 0.1) is 12.1 Å². The molecule has 0 spiro atoms. The van der Waals surface area contributed by atoms with E-state index in [9.17, 15) is 0 Å². The topological polar surface area (TPSA) is 25.8 Å². The average Bonchev–Trinajstić information content (AvgIpc) is 2.94. The van der Waals surface area contributed by atoms with E-state index in [1.54, 1.807) is 6.92 Å². The van der Waals surface area contributed by atoms with E-state index in [4.69, 9.17) is 2.74 Å². The molecule has 0 unspecified atom stereocenters. The van der Waals surface area contributed by atoms with Gasteiger partial charge < -0.3 is 9.97 Å². The zero-order chi connectivity index (χ0) is 27.2. The van der Waals surface area contributed by atoms with Gasteiger partial charge in [0.1, 0.15) is 0 Å². The molecule has 0 aliphatic heterocycles. The molecule has 1 radical (unpaired) electrons. The van der Waals surface area contributed by atoms with Gasteiger partial charge in [0.15, 0.2) is 0 Å². The van der Waals surface area contributed by atoms with Crippen LogP contribution in [0.25, 0.3) is 33.6 Å². The number of hydrogen-bond donors (Lipinski definition) is 0. The van der Waals surface area contributed by atoms with E-state index in [-0.39, 0.29) is 20.1 Å². The molecule has 0 fully saturated rings. The molecular formula is C33H32IrN2Si-2. The SMILES string of the molecule is [2H]C([2H])(C)c1cc(-c2[c-]cccc2)ncc1[Si](C)(C)C.[Ir].[c-]1ccccc1-c1cc(-c2ccccc2)ccn1. The average molecular weight is 679 g/mol. The van der Waals surface area contributed by atoms with Gasteiger partial charge in [-0.3, -0.25) is 0 Å². The summed E-state index contributed by atoms with van der Waals surface area (Å²) in [6, 6.07) is 38.3. The number of pyridine rings is 2. The maximum absolute atomic E-state index is 8.10. The summed E-state index contributed by atoms with van der Waals surface area (Å²) in [4.78, 5) is 8.93. The van der Waals surface area contributed by atoms with Crippen molar-refractivity contribution in [3.05, 3.63) is 127 Å². The van der Waals surface area contributed by atoms with Crippen molar-refractivity contribution >= 4 is 13.3 Å². The molecule has 0 aliphatic rings. The zero-order valence-electron chi connectivity index (χ0n) is 23.6. The third kappa shape index (κ3) is 7.66. The van der Waals surface area contributed by atoms with Gasteiger partial charge in [0.05, 0.1) is 8.07 Å². The van der Waals surface area contributed by atoms with Crippen LogP contribution < -0.4 is 5.19 Å². The second-order valence-corrected chi connectivity index (χ2v) is 14.5. The van der Waals surface area contributed by atoms with Crippen LogP contribution in [-0.4, -0.2) is 18.0 Å². The van der Waals surface area contributed by atoms with Crippen molar-refractivity contribution in [3.8, 4) is 33.6 Å². The Labute approximate surface area is 239 Å². The van der Waals surface area contributed by atoms with Gasteiger partial charge in [-0.2, -0.15) is 0 Å². The third-order valence-corrected chi connectivity index (χ3v) is 7.83. The maximum atomic E-state index is 8.10. The number of benzene rings is 3. The van der Waals surface area contributed by atoms with Crippen LogP contribution in [0.3, 0.4) is 0 Å².